The van der Waals surface area contributed by atoms with Gasteiger partial charge in [-0.2, -0.15) is 4.98 Å². The van der Waals surface area contributed by atoms with Crippen molar-refractivity contribution in [1.29, 1.82) is 0 Å². The molecule has 0 unspecified atom stereocenters. The third kappa shape index (κ3) is 5.37. The molecule has 1 amide bonds. The van der Waals surface area contributed by atoms with Gasteiger partial charge in [0.1, 0.15) is 5.82 Å². The molecule has 1 N–H and O–H groups in total. The highest BCUT2D eigenvalue weighted by Crippen LogP contribution is 2.18. The number of hydrogen-bond acceptors (Lipinski definition) is 7. The van der Waals surface area contributed by atoms with Crippen LogP contribution in [0.4, 0.5) is 5.82 Å². The first-order valence-electron chi connectivity index (χ1n) is 9.89. The van der Waals surface area contributed by atoms with Crippen molar-refractivity contribution < 1.29 is 9.53 Å². The zero-order valence-corrected chi connectivity index (χ0v) is 16.9. The van der Waals surface area contributed by atoms with E-state index in [0.29, 0.717) is 17.3 Å². The average molecular weight is 404 g/mol. The number of rotatable bonds is 6. The van der Waals surface area contributed by atoms with Crippen molar-refractivity contribution in [2.24, 2.45) is 0 Å². The van der Waals surface area contributed by atoms with Crippen LogP contribution in [0.5, 0.6) is 11.9 Å². The molecule has 1 aliphatic rings. The minimum absolute atomic E-state index is 0.199. The van der Waals surface area contributed by atoms with Gasteiger partial charge in [0.05, 0.1) is 0 Å². The number of aromatic nitrogens is 3. The van der Waals surface area contributed by atoms with E-state index < -0.39 is 0 Å². The standard InChI is InChI=1S/C22H24N6O2/c1-27-11-13-28(14-12-27)16-17-5-2-6-18(15-17)21(29)26-19-7-3-8-20(25-19)30-22-23-9-4-10-24-22/h2-10,15H,11-14,16H2,1H3,(H,25,26,29). The van der Waals surface area contributed by atoms with Crippen molar-refractivity contribution in [2.45, 2.75) is 6.54 Å². The van der Waals surface area contributed by atoms with Gasteiger partial charge in [-0.25, -0.2) is 9.97 Å². The lowest BCUT2D eigenvalue weighted by Gasteiger charge is -2.32. The van der Waals surface area contributed by atoms with Gasteiger partial charge in [-0.1, -0.05) is 18.2 Å². The van der Waals surface area contributed by atoms with E-state index in [1.54, 1.807) is 42.7 Å². The molecule has 0 bridgehead atoms. The summed E-state index contributed by atoms with van der Waals surface area (Å²) in [6.45, 7) is 5.05. The second-order valence-electron chi connectivity index (χ2n) is 7.23. The summed E-state index contributed by atoms with van der Waals surface area (Å²) in [5, 5.41) is 2.83. The summed E-state index contributed by atoms with van der Waals surface area (Å²) < 4.78 is 5.52. The monoisotopic (exact) mass is 404 g/mol. The third-order valence-electron chi connectivity index (χ3n) is 4.89. The van der Waals surface area contributed by atoms with Crippen LogP contribution in [-0.2, 0) is 6.54 Å². The predicted octanol–water partition coefficient (Wildman–Crippen LogP) is 2.66. The van der Waals surface area contributed by atoms with E-state index in [2.05, 4.69) is 43.2 Å². The van der Waals surface area contributed by atoms with E-state index >= 15 is 0 Å². The highest BCUT2D eigenvalue weighted by atomic mass is 16.5. The maximum Gasteiger partial charge on any atom is 0.323 e. The van der Waals surface area contributed by atoms with E-state index in [0.717, 1.165) is 38.3 Å². The van der Waals surface area contributed by atoms with Crippen LogP contribution in [0.2, 0.25) is 0 Å². The Labute approximate surface area is 175 Å². The van der Waals surface area contributed by atoms with Crippen LogP contribution >= 0.6 is 0 Å². The van der Waals surface area contributed by atoms with Gasteiger partial charge >= 0.3 is 6.01 Å². The summed E-state index contributed by atoms with van der Waals surface area (Å²) in [5.41, 5.74) is 1.72. The van der Waals surface area contributed by atoms with Crippen LogP contribution in [0, 0.1) is 0 Å². The van der Waals surface area contributed by atoms with Crippen LogP contribution in [0.15, 0.2) is 60.9 Å². The summed E-state index contributed by atoms with van der Waals surface area (Å²) in [7, 11) is 2.14. The normalized spacial score (nSPS) is 15.0. The summed E-state index contributed by atoms with van der Waals surface area (Å²) in [6, 6.07) is 14.8. The molecule has 1 aromatic carbocycles. The number of carbonyl (C=O) groups is 1. The van der Waals surface area contributed by atoms with Gasteiger partial charge in [0.2, 0.25) is 5.88 Å². The summed E-state index contributed by atoms with van der Waals surface area (Å²) in [5.74, 6) is 0.497. The topological polar surface area (TPSA) is 83.5 Å². The van der Waals surface area contributed by atoms with Crippen molar-refractivity contribution in [2.75, 3.05) is 38.5 Å². The fraction of sp³-hybridized carbons (Fsp3) is 0.273. The number of piperazine rings is 1. The van der Waals surface area contributed by atoms with Gasteiger partial charge in [-0.05, 0) is 36.9 Å². The Morgan fingerprint density at radius 2 is 1.80 bits per heavy atom. The van der Waals surface area contributed by atoms with E-state index in [-0.39, 0.29) is 11.9 Å². The van der Waals surface area contributed by atoms with Crippen LogP contribution < -0.4 is 10.1 Å². The van der Waals surface area contributed by atoms with Gasteiger partial charge in [0.25, 0.3) is 5.91 Å². The zero-order chi connectivity index (χ0) is 20.8. The van der Waals surface area contributed by atoms with E-state index in [4.69, 9.17) is 4.74 Å². The number of anilines is 1. The number of benzene rings is 1. The fourth-order valence-corrected chi connectivity index (χ4v) is 3.24. The molecule has 3 heterocycles. The first kappa shape index (κ1) is 19.9. The Hall–Kier alpha value is -3.36. The summed E-state index contributed by atoms with van der Waals surface area (Å²) in [4.78, 5) is 29.8. The molecule has 2 aromatic heterocycles. The average Bonchev–Trinajstić information content (AvgIpc) is 2.76. The molecule has 0 spiro atoms. The Morgan fingerprint density at radius 1 is 1.03 bits per heavy atom. The SMILES string of the molecule is CN1CCN(Cc2cccc(C(=O)Nc3cccc(Oc4ncccn4)n3)c2)CC1. The molecule has 0 saturated carbocycles. The predicted molar refractivity (Wildman–Crippen MR) is 114 cm³/mol. The lowest BCUT2D eigenvalue weighted by molar-refractivity contribution is 0.102. The van der Waals surface area contributed by atoms with Crippen LogP contribution in [0.1, 0.15) is 15.9 Å². The Balaban J connectivity index is 1.39. The molecule has 1 aliphatic heterocycles. The van der Waals surface area contributed by atoms with Gasteiger partial charge < -0.3 is 15.0 Å². The molecule has 1 saturated heterocycles. The van der Waals surface area contributed by atoms with Gasteiger partial charge in [0.15, 0.2) is 0 Å². The molecule has 0 aliphatic carbocycles. The van der Waals surface area contributed by atoms with Crippen LogP contribution in [0.3, 0.4) is 0 Å². The molecule has 3 aromatic rings. The molecule has 0 atom stereocenters. The first-order valence-corrected chi connectivity index (χ1v) is 9.89. The number of pyridine rings is 1. The number of nitrogens with one attached hydrogen (secondary N) is 1. The van der Waals surface area contributed by atoms with Crippen molar-refractivity contribution in [1.82, 2.24) is 24.8 Å². The molecule has 30 heavy (non-hydrogen) atoms. The Bertz CT molecular complexity index is 990. The fourth-order valence-electron chi connectivity index (χ4n) is 3.24. The summed E-state index contributed by atoms with van der Waals surface area (Å²) in [6.07, 6.45) is 3.17. The number of hydrogen-bond donors (Lipinski definition) is 1. The minimum Gasteiger partial charge on any atom is -0.405 e. The third-order valence-corrected chi connectivity index (χ3v) is 4.89. The number of carbonyl (C=O) groups excluding carboxylic acids is 1. The van der Waals surface area contributed by atoms with Gasteiger partial charge in [-0.3, -0.25) is 9.69 Å². The molecule has 0 radical (unpaired) electrons. The van der Waals surface area contributed by atoms with Crippen molar-refractivity contribution in [3.63, 3.8) is 0 Å². The highest BCUT2D eigenvalue weighted by molar-refractivity contribution is 6.03. The number of amides is 1. The molecule has 8 heteroatoms. The maximum absolute atomic E-state index is 12.7. The van der Waals surface area contributed by atoms with Crippen molar-refractivity contribution in [3.05, 3.63) is 72.1 Å². The Morgan fingerprint density at radius 3 is 2.60 bits per heavy atom. The van der Waals surface area contributed by atoms with E-state index in [1.165, 1.54) is 0 Å². The quantitative estimate of drug-likeness (QED) is 0.676. The molecular formula is C22H24N6O2. The van der Waals surface area contributed by atoms with Gasteiger partial charge in [-0.15, -0.1) is 0 Å². The Kier molecular flexibility index (Phi) is 6.26. The van der Waals surface area contributed by atoms with E-state index in [9.17, 15) is 4.79 Å². The summed E-state index contributed by atoms with van der Waals surface area (Å²) >= 11 is 0. The van der Waals surface area contributed by atoms with Crippen molar-refractivity contribution in [3.8, 4) is 11.9 Å². The number of nitrogens with zero attached hydrogens (tertiary/aromatic N) is 5. The largest absolute Gasteiger partial charge is 0.405 e. The lowest BCUT2D eigenvalue weighted by Crippen LogP contribution is -2.43. The molecule has 154 valence electrons. The first-order chi connectivity index (χ1) is 14.7. The van der Waals surface area contributed by atoms with E-state index in [1.807, 2.05) is 12.1 Å². The molecule has 8 nitrogen and oxygen atoms in total. The van der Waals surface area contributed by atoms with Crippen LogP contribution in [0.25, 0.3) is 0 Å². The molecular weight excluding hydrogens is 380 g/mol. The van der Waals surface area contributed by atoms with Crippen molar-refractivity contribution >= 4 is 11.7 Å². The maximum atomic E-state index is 12.7. The second-order valence-corrected chi connectivity index (χ2v) is 7.23. The smallest absolute Gasteiger partial charge is 0.323 e. The minimum atomic E-state index is -0.212. The number of likely N-dealkylation sites (N-methyl/N-ethyl adjacent to an activating group) is 1. The second kappa shape index (κ2) is 9.43. The van der Waals surface area contributed by atoms with Crippen LogP contribution in [-0.4, -0.2) is 63.9 Å². The molecule has 1 fully saturated rings. The molecule has 4 rings (SSSR count). The highest BCUT2D eigenvalue weighted by Gasteiger charge is 2.15. The zero-order valence-electron chi connectivity index (χ0n) is 16.9. The lowest BCUT2D eigenvalue weighted by atomic mass is 10.1. The number of ether oxygens (including phenoxy) is 1. The van der Waals surface area contributed by atoms with Gasteiger partial charge in [0, 0.05) is 56.7 Å².